The summed E-state index contributed by atoms with van der Waals surface area (Å²) >= 11 is 0. The van der Waals surface area contributed by atoms with Gasteiger partial charge in [-0.3, -0.25) is 9.67 Å². The van der Waals surface area contributed by atoms with Crippen LogP contribution in [-0.4, -0.2) is 33.5 Å². The van der Waals surface area contributed by atoms with Gasteiger partial charge in [-0.15, -0.1) is 0 Å². The molecule has 166 valence electrons. The van der Waals surface area contributed by atoms with Crippen molar-refractivity contribution in [3.05, 3.63) is 48.0 Å². The van der Waals surface area contributed by atoms with Gasteiger partial charge in [-0.25, -0.2) is 0 Å². The Morgan fingerprint density at radius 2 is 1.97 bits per heavy atom. The molecule has 3 fully saturated rings. The van der Waals surface area contributed by atoms with E-state index in [1.807, 2.05) is 18.5 Å². The predicted molar refractivity (Wildman–Crippen MR) is 121 cm³/mol. The second kappa shape index (κ2) is 7.41. The molecule has 5 heteroatoms. The Bertz CT molecular complexity index is 914. The van der Waals surface area contributed by atoms with Crippen molar-refractivity contribution in [1.82, 2.24) is 20.1 Å². The average Bonchev–Trinajstić information content (AvgIpc) is 3.16. The molecule has 1 saturated heterocycles. The van der Waals surface area contributed by atoms with Gasteiger partial charge in [-0.1, -0.05) is 25.8 Å². The van der Waals surface area contributed by atoms with E-state index in [0.29, 0.717) is 17.5 Å². The number of hydrogen-bond acceptors (Lipinski definition) is 4. The van der Waals surface area contributed by atoms with Crippen LogP contribution in [0.3, 0.4) is 0 Å². The number of rotatable bonds is 6. The first kappa shape index (κ1) is 19.9. The van der Waals surface area contributed by atoms with Gasteiger partial charge in [0.15, 0.2) is 0 Å². The summed E-state index contributed by atoms with van der Waals surface area (Å²) in [6.07, 6.45) is 16.2. The number of ether oxygens (including phenoxy) is 1. The molecular weight excluding hydrogens is 384 g/mol. The summed E-state index contributed by atoms with van der Waals surface area (Å²) in [5, 5.41) is 8.64. The van der Waals surface area contributed by atoms with Gasteiger partial charge in [0.25, 0.3) is 0 Å². The highest BCUT2D eigenvalue weighted by molar-refractivity contribution is 5.21. The van der Waals surface area contributed by atoms with Gasteiger partial charge in [-0.05, 0) is 81.5 Å². The summed E-state index contributed by atoms with van der Waals surface area (Å²) in [5.41, 5.74) is 3.32. The molecule has 3 atom stereocenters. The summed E-state index contributed by atoms with van der Waals surface area (Å²) in [6, 6.07) is 9.65. The topological polar surface area (TPSA) is 52.0 Å². The summed E-state index contributed by atoms with van der Waals surface area (Å²) in [5.74, 6) is 0. The third-order valence-electron chi connectivity index (χ3n) is 9.02. The number of hydrogen-bond donors (Lipinski definition) is 1. The van der Waals surface area contributed by atoms with Gasteiger partial charge in [-0.2, -0.15) is 5.10 Å². The summed E-state index contributed by atoms with van der Waals surface area (Å²) in [4.78, 5) is 4.86. The molecule has 0 radical (unpaired) electrons. The first-order valence-corrected chi connectivity index (χ1v) is 12.4. The van der Waals surface area contributed by atoms with Crippen LogP contribution in [0.1, 0.15) is 94.6 Å². The van der Waals surface area contributed by atoms with Crippen LogP contribution in [0, 0.1) is 5.41 Å². The molecule has 2 aliphatic heterocycles. The van der Waals surface area contributed by atoms with E-state index in [1.165, 1.54) is 56.3 Å². The molecule has 0 aromatic carbocycles. The molecule has 2 aliphatic carbocycles. The molecule has 0 bridgehead atoms. The van der Waals surface area contributed by atoms with Crippen molar-refractivity contribution in [1.29, 1.82) is 0 Å². The molecule has 0 amide bonds. The molecule has 31 heavy (non-hydrogen) atoms. The number of pyridine rings is 1. The fourth-order valence-corrected chi connectivity index (χ4v) is 6.88. The fraction of sp³-hybridized carbons (Fsp3) is 0.692. The maximum absolute atomic E-state index is 6.42. The van der Waals surface area contributed by atoms with Crippen molar-refractivity contribution in [2.75, 3.05) is 13.2 Å². The molecule has 4 aliphatic rings. The first-order valence-electron chi connectivity index (χ1n) is 12.4. The molecule has 1 N–H and O–H groups in total. The van der Waals surface area contributed by atoms with Crippen molar-refractivity contribution in [2.24, 2.45) is 5.41 Å². The minimum Gasteiger partial charge on any atom is -0.375 e. The molecule has 2 aromatic rings. The van der Waals surface area contributed by atoms with Gasteiger partial charge < -0.3 is 10.1 Å². The van der Waals surface area contributed by atoms with E-state index in [1.54, 1.807) is 0 Å². The largest absolute Gasteiger partial charge is 0.375 e. The second-order valence-corrected chi connectivity index (χ2v) is 11.0. The lowest BCUT2D eigenvalue weighted by Crippen LogP contribution is -2.47. The highest BCUT2D eigenvalue weighted by atomic mass is 16.5. The monoisotopic (exact) mass is 420 g/mol. The Balaban J connectivity index is 1.19. The normalized spacial score (nSPS) is 32.9. The van der Waals surface area contributed by atoms with E-state index in [0.717, 1.165) is 32.4 Å². The Hall–Kier alpha value is -1.72. The number of aromatic nitrogens is 3. The third-order valence-corrected chi connectivity index (χ3v) is 9.02. The van der Waals surface area contributed by atoms with Gasteiger partial charge >= 0.3 is 0 Å². The Morgan fingerprint density at radius 1 is 1.10 bits per heavy atom. The lowest BCUT2D eigenvalue weighted by Gasteiger charge is -2.46. The fourth-order valence-electron chi connectivity index (χ4n) is 6.88. The Labute approximate surface area is 186 Å². The molecule has 2 aromatic heterocycles. The average molecular weight is 421 g/mol. The van der Waals surface area contributed by atoms with E-state index < -0.39 is 0 Å². The second-order valence-electron chi connectivity index (χ2n) is 11.0. The van der Waals surface area contributed by atoms with Crippen molar-refractivity contribution < 1.29 is 4.74 Å². The highest BCUT2D eigenvalue weighted by Gasteiger charge is 2.51. The quantitative estimate of drug-likeness (QED) is 0.706. The van der Waals surface area contributed by atoms with Gasteiger partial charge in [0.05, 0.1) is 23.4 Å². The Morgan fingerprint density at radius 3 is 2.74 bits per heavy atom. The maximum Gasteiger partial charge on any atom is 0.0691 e. The minimum atomic E-state index is 0.0907. The van der Waals surface area contributed by atoms with Crippen LogP contribution in [0.2, 0.25) is 0 Å². The zero-order valence-corrected chi connectivity index (χ0v) is 18.9. The number of fused-ring (bicyclic) bond motifs is 1. The van der Waals surface area contributed by atoms with E-state index >= 15 is 0 Å². The first-order chi connectivity index (χ1) is 15.1. The maximum atomic E-state index is 6.42. The lowest BCUT2D eigenvalue weighted by atomic mass is 9.68. The molecule has 3 unspecified atom stereocenters. The van der Waals surface area contributed by atoms with Gasteiger partial charge in [0, 0.05) is 30.1 Å². The van der Waals surface area contributed by atoms with E-state index in [4.69, 9.17) is 14.8 Å². The van der Waals surface area contributed by atoms with Crippen molar-refractivity contribution in [3.8, 4) is 0 Å². The van der Waals surface area contributed by atoms with Crippen LogP contribution in [0.25, 0.3) is 0 Å². The van der Waals surface area contributed by atoms with Crippen molar-refractivity contribution >= 4 is 0 Å². The van der Waals surface area contributed by atoms with Gasteiger partial charge in [0.1, 0.15) is 0 Å². The molecule has 5 nitrogen and oxygen atoms in total. The smallest absolute Gasteiger partial charge is 0.0691 e. The third kappa shape index (κ3) is 3.45. The van der Waals surface area contributed by atoms with Crippen molar-refractivity contribution in [2.45, 2.75) is 94.2 Å². The van der Waals surface area contributed by atoms with Crippen LogP contribution < -0.4 is 5.32 Å². The molecule has 6 rings (SSSR count). The van der Waals surface area contributed by atoms with Crippen LogP contribution in [0.15, 0.2) is 36.7 Å². The standard InChI is InChI=1S/C26H36N4O/c1-24(10-11-24)23-18-20(21-7-15-29-30(21)23)27-16-12-25(22-6-2-5-14-28-22)13-17-31-26(19-25)8-3-4-9-26/h2,5-7,14-15,20,23,27H,3-4,8-13,16-19H2,1H3. The van der Waals surface area contributed by atoms with Crippen LogP contribution >= 0.6 is 0 Å². The molecule has 4 heterocycles. The van der Waals surface area contributed by atoms with E-state index in [-0.39, 0.29) is 11.0 Å². The predicted octanol–water partition coefficient (Wildman–Crippen LogP) is 5.11. The van der Waals surface area contributed by atoms with Crippen molar-refractivity contribution in [3.63, 3.8) is 0 Å². The summed E-state index contributed by atoms with van der Waals surface area (Å²) in [7, 11) is 0. The zero-order valence-electron chi connectivity index (χ0n) is 18.9. The lowest BCUT2D eigenvalue weighted by molar-refractivity contribution is -0.104. The van der Waals surface area contributed by atoms with Crippen LogP contribution in [0.5, 0.6) is 0 Å². The highest BCUT2D eigenvalue weighted by Crippen LogP contribution is 2.58. The van der Waals surface area contributed by atoms with E-state index in [9.17, 15) is 0 Å². The van der Waals surface area contributed by atoms with Crippen LogP contribution in [-0.2, 0) is 10.2 Å². The van der Waals surface area contributed by atoms with Gasteiger partial charge in [0.2, 0.25) is 0 Å². The molecule has 2 saturated carbocycles. The Kier molecular flexibility index (Phi) is 4.77. The molecule has 1 spiro atoms. The molecular formula is C26H36N4O. The summed E-state index contributed by atoms with van der Waals surface area (Å²) < 4.78 is 8.74. The minimum absolute atomic E-state index is 0.0907. The number of nitrogens with zero attached hydrogens (tertiary/aromatic N) is 3. The SMILES string of the molecule is CC1(C2CC(NCCC3(c4ccccn4)CCOC4(CCCC4)C3)c3ccnn32)CC1. The van der Waals surface area contributed by atoms with E-state index in [2.05, 4.69) is 35.1 Å². The zero-order chi connectivity index (χ0) is 20.9. The number of nitrogens with one attached hydrogen (secondary N) is 1. The summed E-state index contributed by atoms with van der Waals surface area (Å²) in [6.45, 7) is 4.32. The van der Waals surface area contributed by atoms with Crippen LogP contribution in [0.4, 0.5) is 0 Å².